The van der Waals surface area contributed by atoms with Gasteiger partial charge in [0, 0.05) is 6.07 Å². The van der Waals surface area contributed by atoms with E-state index < -0.39 is 11.9 Å². The lowest BCUT2D eigenvalue weighted by Crippen LogP contribution is -2.28. The van der Waals surface area contributed by atoms with Crippen molar-refractivity contribution in [3.8, 4) is 5.75 Å². The molecule has 0 fully saturated rings. The van der Waals surface area contributed by atoms with E-state index in [9.17, 15) is 9.59 Å². The molecule has 0 radical (unpaired) electrons. The second kappa shape index (κ2) is 6.37. The van der Waals surface area contributed by atoms with E-state index in [1.54, 1.807) is 12.1 Å². The maximum absolute atomic E-state index is 11.6. The Kier molecular flexibility index (Phi) is 4.33. The van der Waals surface area contributed by atoms with Gasteiger partial charge in [0.2, 0.25) is 5.76 Å². The number of hydrogen-bond donors (Lipinski definition) is 2. The number of nitrogens with one attached hydrogen (secondary N) is 1. The molecule has 1 amide bonds. The Balaban J connectivity index is 1.76. The topological polar surface area (TPSA) is 102 Å². The van der Waals surface area contributed by atoms with Crippen molar-refractivity contribution in [3.63, 3.8) is 0 Å². The standard InChI is InChI=1S/C13H12N2O5/c16-12(10-8-11(13(17)18)20-15-10)14-6-7-19-9-4-2-1-3-5-9/h1-5,8H,6-7H2,(H,14,16)(H,17,18). The summed E-state index contributed by atoms with van der Waals surface area (Å²) in [6.07, 6.45) is 0. The van der Waals surface area contributed by atoms with Crippen LogP contribution < -0.4 is 10.1 Å². The molecule has 0 aliphatic rings. The lowest BCUT2D eigenvalue weighted by Gasteiger charge is -2.06. The van der Waals surface area contributed by atoms with Crippen LogP contribution in [0.15, 0.2) is 40.9 Å². The number of hydrogen-bond acceptors (Lipinski definition) is 5. The number of nitrogens with zero attached hydrogens (tertiary/aromatic N) is 1. The van der Waals surface area contributed by atoms with Crippen molar-refractivity contribution in [2.45, 2.75) is 0 Å². The zero-order valence-corrected chi connectivity index (χ0v) is 10.4. The molecule has 1 heterocycles. The quantitative estimate of drug-likeness (QED) is 0.768. The third kappa shape index (κ3) is 3.58. The summed E-state index contributed by atoms with van der Waals surface area (Å²) in [6, 6.07) is 10.2. The molecule has 104 valence electrons. The molecular formula is C13H12N2O5. The van der Waals surface area contributed by atoms with Gasteiger partial charge in [0.05, 0.1) is 6.54 Å². The predicted octanol–water partition coefficient (Wildman–Crippen LogP) is 1.18. The van der Waals surface area contributed by atoms with Crippen LogP contribution in [-0.2, 0) is 0 Å². The van der Waals surface area contributed by atoms with Gasteiger partial charge in [-0.25, -0.2) is 4.79 Å². The van der Waals surface area contributed by atoms with E-state index in [0.717, 1.165) is 6.07 Å². The Labute approximate surface area is 114 Å². The van der Waals surface area contributed by atoms with Crippen LogP contribution in [0.5, 0.6) is 5.75 Å². The van der Waals surface area contributed by atoms with Crippen molar-refractivity contribution >= 4 is 11.9 Å². The fourth-order valence-corrected chi connectivity index (χ4v) is 1.42. The Morgan fingerprint density at radius 3 is 2.70 bits per heavy atom. The number of carbonyl (C=O) groups excluding carboxylic acids is 1. The molecule has 0 bridgehead atoms. The lowest BCUT2D eigenvalue weighted by atomic mass is 10.3. The minimum atomic E-state index is -1.27. The maximum Gasteiger partial charge on any atom is 0.374 e. The number of benzene rings is 1. The van der Waals surface area contributed by atoms with Gasteiger partial charge in [0.25, 0.3) is 5.91 Å². The van der Waals surface area contributed by atoms with Gasteiger partial charge in [-0.05, 0) is 12.1 Å². The Morgan fingerprint density at radius 2 is 2.05 bits per heavy atom. The van der Waals surface area contributed by atoms with Crippen LogP contribution in [-0.4, -0.2) is 35.3 Å². The first-order chi connectivity index (χ1) is 9.66. The minimum Gasteiger partial charge on any atom is -0.492 e. The third-order valence-electron chi connectivity index (χ3n) is 2.35. The molecule has 1 aromatic carbocycles. The third-order valence-corrected chi connectivity index (χ3v) is 2.35. The summed E-state index contributed by atoms with van der Waals surface area (Å²) in [6.45, 7) is 0.558. The van der Waals surface area contributed by atoms with Crippen LogP contribution in [0.1, 0.15) is 21.0 Å². The SMILES string of the molecule is O=C(NCCOc1ccccc1)c1cc(C(=O)O)on1. The fraction of sp³-hybridized carbons (Fsp3) is 0.154. The van der Waals surface area contributed by atoms with E-state index in [2.05, 4.69) is 15.0 Å². The molecule has 0 atom stereocenters. The van der Waals surface area contributed by atoms with Crippen LogP contribution in [0.4, 0.5) is 0 Å². The molecule has 20 heavy (non-hydrogen) atoms. The van der Waals surface area contributed by atoms with Gasteiger partial charge < -0.3 is 19.7 Å². The van der Waals surface area contributed by atoms with Crippen LogP contribution in [0.25, 0.3) is 0 Å². The van der Waals surface area contributed by atoms with E-state index >= 15 is 0 Å². The molecule has 1 aromatic heterocycles. The maximum atomic E-state index is 11.6. The summed E-state index contributed by atoms with van der Waals surface area (Å²) < 4.78 is 9.86. The van der Waals surface area contributed by atoms with Gasteiger partial charge in [0.1, 0.15) is 12.4 Å². The van der Waals surface area contributed by atoms with Crippen LogP contribution >= 0.6 is 0 Å². The van der Waals surface area contributed by atoms with E-state index in [0.29, 0.717) is 12.4 Å². The van der Waals surface area contributed by atoms with E-state index in [-0.39, 0.29) is 18.0 Å². The highest BCUT2D eigenvalue weighted by molar-refractivity contribution is 5.94. The van der Waals surface area contributed by atoms with Crippen molar-refractivity contribution in [3.05, 3.63) is 47.9 Å². The Hall–Kier alpha value is -2.83. The van der Waals surface area contributed by atoms with E-state index in [1.165, 1.54) is 0 Å². The first-order valence-corrected chi connectivity index (χ1v) is 5.83. The number of para-hydroxylation sites is 1. The second-order valence-corrected chi connectivity index (χ2v) is 3.80. The molecule has 2 N–H and O–H groups in total. The molecule has 0 unspecified atom stereocenters. The highest BCUT2D eigenvalue weighted by atomic mass is 16.5. The molecule has 0 aliphatic carbocycles. The Bertz CT molecular complexity index is 594. The molecule has 2 aromatic rings. The van der Waals surface area contributed by atoms with E-state index in [4.69, 9.17) is 9.84 Å². The first-order valence-electron chi connectivity index (χ1n) is 5.83. The molecular weight excluding hydrogens is 264 g/mol. The number of carboxylic acid groups (broad SMARTS) is 1. The fourth-order valence-electron chi connectivity index (χ4n) is 1.42. The van der Waals surface area contributed by atoms with Crippen molar-refractivity contribution in [2.75, 3.05) is 13.2 Å². The summed E-state index contributed by atoms with van der Waals surface area (Å²) in [5.41, 5.74) is -0.0814. The predicted molar refractivity (Wildman–Crippen MR) is 67.7 cm³/mol. The zero-order chi connectivity index (χ0) is 14.4. The number of carboxylic acids is 1. The second-order valence-electron chi connectivity index (χ2n) is 3.80. The number of rotatable bonds is 6. The summed E-state index contributed by atoms with van der Waals surface area (Å²) in [5, 5.41) is 14.5. The molecule has 0 saturated heterocycles. The van der Waals surface area contributed by atoms with Crippen LogP contribution in [0.2, 0.25) is 0 Å². The van der Waals surface area contributed by atoms with E-state index in [1.807, 2.05) is 18.2 Å². The molecule has 7 heteroatoms. The molecule has 2 rings (SSSR count). The highest BCUT2D eigenvalue weighted by Crippen LogP contribution is 2.07. The van der Waals surface area contributed by atoms with Crippen LogP contribution in [0.3, 0.4) is 0 Å². The van der Waals surface area contributed by atoms with Gasteiger partial charge in [-0.15, -0.1) is 0 Å². The van der Waals surface area contributed by atoms with Gasteiger partial charge in [-0.3, -0.25) is 4.79 Å². The van der Waals surface area contributed by atoms with Gasteiger partial charge in [-0.1, -0.05) is 23.4 Å². The number of aromatic carboxylic acids is 1. The normalized spacial score (nSPS) is 10.0. The molecule has 0 saturated carbocycles. The number of ether oxygens (including phenoxy) is 1. The van der Waals surface area contributed by atoms with Crippen molar-refractivity contribution < 1.29 is 24.0 Å². The average Bonchev–Trinajstić information content (AvgIpc) is 2.94. The summed E-state index contributed by atoms with van der Waals surface area (Å²) in [4.78, 5) is 22.2. The Morgan fingerprint density at radius 1 is 1.30 bits per heavy atom. The zero-order valence-electron chi connectivity index (χ0n) is 10.4. The van der Waals surface area contributed by atoms with Gasteiger partial charge >= 0.3 is 5.97 Å². The van der Waals surface area contributed by atoms with Gasteiger partial charge in [-0.2, -0.15) is 0 Å². The first kappa shape index (κ1) is 13.6. The monoisotopic (exact) mass is 276 g/mol. The molecule has 0 aliphatic heterocycles. The van der Waals surface area contributed by atoms with Crippen molar-refractivity contribution in [2.24, 2.45) is 0 Å². The largest absolute Gasteiger partial charge is 0.492 e. The smallest absolute Gasteiger partial charge is 0.374 e. The molecule has 0 spiro atoms. The number of carbonyl (C=O) groups is 2. The molecule has 7 nitrogen and oxygen atoms in total. The summed E-state index contributed by atoms with van der Waals surface area (Å²) in [7, 11) is 0. The van der Waals surface area contributed by atoms with Crippen molar-refractivity contribution in [1.82, 2.24) is 10.5 Å². The van der Waals surface area contributed by atoms with Gasteiger partial charge in [0.15, 0.2) is 5.69 Å². The lowest BCUT2D eigenvalue weighted by molar-refractivity contribution is 0.0651. The minimum absolute atomic E-state index is 0.0814. The number of aromatic nitrogens is 1. The summed E-state index contributed by atoms with van der Waals surface area (Å²) in [5.74, 6) is -1.46. The number of amides is 1. The average molecular weight is 276 g/mol. The van der Waals surface area contributed by atoms with Crippen molar-refractivity contribution in [1.29, 1.82) is 0 Å². The highest BCUT2D eigenvalue weighted by Gasteiger charge is 2.15. The summed E-state index contributed by atoms with van der Waals surface area (Å²) >= 11 is 0. The van der Waals surface area contributed by atoms with Crippen LogP contribution in [0, 0.1) is 0 Å².